The van der Waals surface area contributed by atoms with E-state index in [1.165, 1.54) is 24.2 Å². The summed E-state index contributed by atoms with van der Waals surface area (Å²) in [5, 5.41) is 0. The number of para-hydroxylation sites is 2. The summed E-state index contributed by atoms with van der Waals surface area (Å²) in [5.41, 5.74) is 8.89. The molecule has 4 rings (SSSR count). The predicted octanol–water partition coefficient (Wildman–Crippen LogP) is 4.36. The molecular formula is C20H23N3O. The van der Waals surface area contributed by atoms with E-state index in [1.54, 1.807) is 0 Å². The van der Waals surface area contributed by atoms with Gasteiger partial charge >= 0.3 is 0 Å². The van der Waals surface area contributed by atoms with Crippen LogP contribution in [0, 0.1) is 0 Å². The van der Waals surface area contributed by atoms with Gasteiger partial charge in [0, 0.05) is 24.2 Å². The average molecular weight is 321 g/mol. The molecular weight excluding hydrogens is 298 g/mol. The largest absolute Gasteiger partial charge is 0.494 e. The Hall–Kier alpha value is -2.49. The van der Waals surface area contributed by atoms with E-state index in [-0.39, 0.29) is 0 Å². The molecule has 1 aromatic heterocycles. The first-order chi connectivity index (χ1) is 11.8. The van der Waals surface area contributed by atoms with Crippen molar-refractivity contribution in [3.8, 4) is 5.75 Å². The lowest BCUT2D eigenvalue weighted by molar-refractivity contribution is 0.303. The summed E-state index contributed by atoms with van der Waals surface area (Å²) in [6.45, 7) is 1.72. The normalized spacial score (nSPS) is 14.2. The van der Waals surface area contributed by atoms with Gasteiger partial charge in [-0.15, -0.1) is 0 Å². The van der Waals surface area contributed by atoms with E-state index < -0.39 is 0 Å². The SMILES string of the molecule is Nc1cccc(OCCCCn2c(C3CC3)nc3ccccc32)c1. The number of unbranched alkanes of at least 4 members (excludes halogenated alkanes) is 1. The fraction of sp³-hybridized carbons (Fsp3) is 0.350. The van der Waals surface area contributed by atoms with Crippen LogP contribution in [0.15, 0.2) is 48.5 Å². The molecule has 2 N–H and O–H groups in total. The van der Waals surface area contributed by atoms with Crippen LogP contribution in [-0.2, 0) is 6.54 Å². The van der Waals surface area contributed by atoms with Gasteiger partial charge < -0.3 is 15.0 Å². The number of aryl methyl sites for hydroxylation is 1. The summed E-state index contributed by atoms with van der Waals surface area (Å²) >= 11 is 0. The fourth-order valence-corrected chi connectivity index (χ4v) is 3.15. The van der Waals surface area contributed by atoms with Crippen LogP contribution in [0.25, 0.3) is 11.0 Å². The van der Waals surface area contributed by atoms with Crippen LogP contribution in [0.5, 0.6) is 5.75 Å². The lowest BCUT2D eigenvalue weighted by Gasteiger charge is -2.10. The van der Waals surface area contributed by atoms with Crippen molar-refractivity contribution in [3.63, 3.8) is 0 Å². The molecule has 1 aliphatic carbocycles. The number of imidazole rings is 1. The zero-order chi connectivity index (χ0) is 16.4. The second-order valence-electron chi connectivity index (χ2n) is 6.51. The van der Waals surface area contributed by atoms with Crippen LogP contribution in [0.3, 0.4) is 0 Å². The lowest BCUT2D eigenvalue weighted by Crippen LogP contribution is -2.05. The van der Waals surface area contributed by atoms with Crippen LogP contribution in [0.1, 0.15) is 37.4 Å². The number of anilines is 1. The molecule has 0 amide bonds. The molecule has 0 radical (unpaired) electrons. The molecule has 0 spiro atoms. The van der Waals surface area contributed by atoms with Crippen LogP contribution >= 0.6 is 0 Å². The minimum atomic E-state index is 0.668. The summed E-state index contributed by atoms with van der Waals surface area (Å²) < 4.78 is 8.19. The molecule has 4 nitrogen and oxygen atoms in total. The number of hydrogen-bond acceptors (Lipinski definition) is 3. The van der Waals surface area contributed by atoms with Gasteiger partial charge in [-0.05, 0) is 49.9 Å². The van der Waals surface area contributed by atoms with E-state index in [2.05, 4.69) is 28.8 Å². The van der Waals surface area contributed by atoms with Crippen molar-refractivity contribution < 1.29 is 4.74 Å². The Bertz CT molecular complexity index is 836. The third-order valence-electron chi connectivity index (χ3n) is 4.53. The number of hydrogen-bond donors (Lipinski definition) is 1. The van der Waals surface area contributed by atoms with E-state index in [9.17, 15) is 0 Å². The van der Waals surface area contributed by atoms with Gasteiger partial charge in [-0.3, -0.25) is 0 Å². The maximum absolute atomic E-state index is 5.78. The van der Waals surface area contributed by atoms with Crippen molar-refractivity contribution >= 4 is 16.7 Å². The first-order valence-electron chi connectivity index (χ1n) is 8.75. The molecule has 0 atom stereocenters. The van der Waals surface area contributed by atoms with Gasteiger partial charge in [0.1, 0.15) is 11.6 Å². The number of rotatable bonds is 7. The number of ether oxygens (including phenoxy) is 1. The molecule has 124 valence electrons. The van der Waals surface area contributed by atoms with Gasteiger partial charge in [-0.1, -0.05) is 18.2 Å². The quantitative estimate of drug-likeness (QED) is 0.520. The van der Waals surface area contributed by atoms with Gasteiger partial charge in [0.25, 0.3) is 0 Å². The van der Waals surface area contributed by atoms with Gasteiger partial charge in [0.2, 0.25) is 0 Å². The first-order valence-corrected chi connectivity index (χ1v) is 8.75. The molecule has 2 aromatic carbocycles. The second-order valence-corrected chi connectivity index (χ2v) is 6.51. The molecule has 0 aliphatic heterocycles. The third-order valence-corrected chi connectivity index (χ3v) is 4.53. The molecule has 1 heterocycles. The average Bonchev–Trinajstić information content (AvgIpc) is 3.37. The van der Waals surface area contributed by atoms with Crippen molar-refractivity contribution in [1.29, 1.82) is 0 Å². The molecule has 1 saturated carbocycles. The Morgan fingerprint density at radius 2 is 1.96 bits per heavy atom. The van der Waals surface area contributed by atoms with Crippen molar-refractivity contribution in [2.75, 3.05) is 12.3 Å². The Kier molecular flexibility index (Phi) is 4.11. The maximum atomic E-state index is 5.78. The molecule has 3 aromatic rings. The van der Waals surface area contributed by atoms with Gasteiger partial charge in [-0.25, -0.2) is 4.98 Å². The van der Waals surface area contributed by atoms with Crippen LogP contribution < -0.4 is 10.5 Å². The zero-order valence-corrected chi connectivity index (χ0v) is 13.8. The molecule has 4 heteroatoms. The standard InChI is InChI=1S/C20H23N3O/c21-16-6-5-7-17(14-16)24-13-4-3-12-23-19-9-2-1-8-18(19)22-20(23)15-10-11-15/h1-2,5-9,14-15H,3-4,10-13,21H2. The van der Waals surface area contributed by atoms with Crippen LogP contribution in [0.4, 0.5) is 5.69 Å². The molecule has 0 bridgehead atoms. The summed E-state index contributed by atoms with van der Waals surface area (Å²) in [7, 11) is 0. The number of benzene rings is 2. The van der Waals surface area contributed by atoms with E-state index in [4.69, 9.17) is 15.5 Å². The highest BCUT2D eigenvalue weighted by atomic mass is 16.5. The number of aromatic nitrogens is 2. The zero-order valence-electron chi connectivity index (χ0n) is 13.8. The van der Waals surface area contributed by atoms with Crippen LogP contribution in [0.2, 0.25) is 0 Å². The smallest absolute Gasteiger partial charge is 0.121 e. The van der Waals surface area contributed by atoms with Gasteiger partial charge in [0.05, 0.1) is 17.6 Å². The highest BCUT2D eigenvalue weighted by Gasteiger charge is 2.29. The number of fused-ring (bicyclic) bond motifs is 1. The van der Waals surface area contributed by atoms with Crippen molar-refractivity contribution in [2.45, 2.75) is 38.1 Å². The predicted molar refractivity (Wildman–Crippen MR) is 97.3 cm³/mol. The molecule has 1 fully saturated rings. The fourth-order valence-electron chi connectivity index (χ4n) is 3.15. The van der Waals surface area contributed by atoms with Gasteiger partial charge in [0.15, 0.2) is 0 Å². The second kappa shape index (κ2) is 6.56. The van der Waals surface area contributed by atoms with Crippen molar-refractivity contribution in [3.05, 3.63) is 54.4 Å². The number of nitrogens with zero attached hydrogens (tertiary/aromatic N) is 2. The number of nitrogens with two attached hydrogens (primary N) is 1. The highest BCUT2D eigenvalue weighted by molar-refractivity contribution is 5.76. The lowest BCUT2D eigenvalue weighted by atomic mass is 10.2. The molecule has 1 aliphatic rings. The highest BCUT2D eigenvalue weighted by Crippen LogP contribution is 2.40. The minimum Gasteiger partial charge on any atom is -0.494 e. The van der Waals surface area contributed by atoms with Crippen molar-refractivity contribution in [1.82, 2.24) is 9.55 Å². The Morgan fingerprint density at radius 1 is 1.08 bits per heavy atom. The minimum absolute atomic E-state index is 0.668. The Morgan fingerprint density at radius 3 is 2.79 bits per heavy atom. The van der Waals surface area contributed by atoms with E-state index >= 15 is 0 Å². The summed E-state index contributed by atoms with van der Waals surface area (Å²) in [6, 6.07) is 16.1. The van der Waals surface area contributed by atoms with E-state index in [0.717, 1.165) is 42.9 Å². The maximum Gasteiger partial charge on any atom is 0.121 e. The van der Waals surface area contributed by atoms with Crippen LogP contribution in [-0.4, -0.2) is 16.2 Å². The monoisotopic (exact) mass is 321 g/mol. The Labute approximate surface area is 142 Å². The molecule has 0 saturated heterocycles. The molecule has 24 heavy (non-hydrogen) atoms. The first kappa shape index (κ1) is 15.1. The third kappa shape index (κ3) is 3.23. The van der Waals surface area contributed by atoms with E-state index in [1.807, 2.05) is 24.3 Å². The van der Waals surface area contributed by atoms with E-state index in [0.29, 0.717) is 5.92 Å². The summed E-state index contributed by atoms with van der Waals surface area (Å²) in [5.74, 6) is 2.79. The number of nitrogen functional groups attached to an aromatic ring is 1. The molecule has 0 unspecified atom stereocenters. The summed E-state index contributed by atoms with van der Waals surface area (Å²) in [4.78, 5) is 4.85. The Balaban J connectivity index is 1.36. The topological polar surface area (TPSA) is 53.1 Å². The van der Waals surface area contributed by atoms with Gasteiger partial charge in [-0.2, -0.15) is 0 Å². The van der Waals surface area contributed by atoms with Crippen molar-refractivity contribution in [2.24, 2.45) is 0 Å². The summed E-state index contributed by atoms with van der Waals surface area (Å²) in [6.07, 6.45) is 4.66.